The molecule has 1 atom stereocenters. The van der Waals surface area contributed by atoms with Crippen molar-refractivity contribution in [1.82, 2.24) is 15.5 Å². The second-order valence-corrected chi connectivity index (χ2v) is 6.17. The number of methoxy groups -OCH3 is 1. The predicted octanol–water partition coefficient (Wildman–Crippen LogP) is 1.98. The summed E-state index contributed by atoms with van der Waals surface area (Å²) in [4.78, 5) is 12.4. The summed E-state index contributed by atoms with van der Waals surface area (Å²) in [6.07, 6.45) is 2.07. The molecule has 2 aromatic rings. The van der Waals surface area contributed by atoms with Crippen LogP contribution in [-0.2, 0) is 0 Å². The molecule has 0 radical (unpaired) electrons. The van der Waals surface area contributed by atoms with Crippen LogP contribution in [0.2, 0.25) is 0 Å². The minimum atomic E-state index is -0.577. The van der Waals surface area contributed by atoms with Gasteiger partial charge in [0.1, 0.15) is 11.4 Å². The van der Waals surface area contributed by atoms with Crippen LogP contribution in [0.1, 0.15) is 30.3 Å². The van der Waals surface area contributed by atoms with E-state index in [-0.39, 0.29) is 12.5 Å². The van der Waals surface area contributed by atoms with E-state index in [9.17, 15) is 9.90 Å². The summed E-state index contributed by atoms with van der Waals surface area (Å²) in [6, 6.07) is 9.20. The van der Waals surface area contributed by atoms with Gasteiger partial charge in [-0.1, -0.05) is 12.1 Å². The minimum absolute atomic E-state index is 0.0725. The van der Waals surface area contributed by atoms with Gasteiger partial charge in [-0.3, -0.25) is 9.89 Å². The van der Waals surface area contributed by atoms with E-state index in [1.165, 1.54) is 0 Å². The summed E-state index contributed by atoms with van der Waals surface area (Å²) < 4.78 is 5.32. The van der Waals surface area contributed by atoms with E-state index in [1.54, 1.807) is 13.2 Å². The van der Waals surface area contributed by atoms with E-state index < -0.39 is 5.54 Å². The number of ether oxygens (including phenoxy) is 1. The Morgan fingerprint density at radius 1 is 1.48 bits per heavy atom. The lowest BCUT2D eigenvalue weighted by Crippen LogP contribution is -2.50. The van der Waals surface area contributed by atoms with Gasteiger partial charge in [0.05, 0.1) is 24.9 Å². The first-order valence-corrected chi connectivity index (χ1v) is 7.69. The summed E-state index contributed by atoms with van der Waals surface area (Å²) in [5.41, 5.74) is 1.25. The molecule has 1 heterocycles. The molecule has 1 aromatic heterocycles. The van der Waals surface area contributed by atoms with Crippen LogP contribution >= 0.6 is 0 Å². The van der Waals surface area contributed by atoms with Crippen molar-refractivity contribution in [3.05, 3.63) is 36.0 Å². The average molecular weight is 315 g/mol. The van der Waals surface area contributed by atoms with Crippen LogP contribution in [-0.4, -0.2) is 40.5 Å². The highest BCUT2D eigenvalue weighted by molar-refractivity contribution is 5.94. The van der Waals surface area contributed by atoms with E-state index in [1.807, 2.05) is 31.2 Å². The first-order valence-electron chi connectivity index (χ1n) is 7.69. The van der Waals surface area contributed by atoms with Crippen molar-refractivity contribution in [2.24, 2.45) is 5.92 Å². The number of aromatic amines is 1. The van der Waals surface area contributed by atoms with Crippen LogP contribution in [0.5, 0.6) is 5.75 Å². The van der Waals surface area contributed by atoms with Crippen molar-refractivity contribution in [1.29, 1.82) is 0 Å². The number of benzene rings is 1. The Morgan fingerprint density at radius 2 is 2.22 bits per heavy atom. The lowest BCUT2D eigenvalue weighted by molar-refractivity contribution is 0.0819. The van der Waals surface area contributed by atoms with Gasteiger partial charge in [0.15, 0.2) is 0 Å². The molecule has 1 saturated carbocycles. The predicted molar refractivity (Wildman–Crippen MR) is 86.3 cm³/mol. The minimum Gasteiger partial charge on any atom is -0.496 e. The Balaban J connectivity index is 1.80. The number of aliphatic hydroxyl groups excluding tert-OH is 1. The Labute approximate surface area is 134 Å². The fraction of sp³-hybridized carbons (Fsp3) is 0.412. The SMILES string of the molecule is COc1ccccc1-c1cc(C(=O)NC(C)(CO)C2CC2)[nH]n1. The lowest BCUT2D eigenvalue weighted by Gasteiger charge is -2.28. The molecule has 23 heavy (non-hydrogen) atoms. The summed E-state index contributed by atoms with van der Waals surface area (Å²) in [6.45, 7) is 1.80. The second-order valence-electron chi connectivity index (χ2n) is 6.17. The van der Waals surface area contributed by atoms with Crippen molar-refractivity contribution in [2.45, 2.75) is 25.3 Å². The number of hydrogen-bond donors (Lipinski definition) is 3. The van der Waals surface area contributed by atoms with Crippen LogP contribution in [0.3, 0.4) is 0 Å². The molecule has 0 saturated heterocycles. The molecule has 1 unspecified atom stereocenters. The summed E-state index contributed by atoms with van der Waals surface area (Å²) >= 11 is 0. The molecule has 1 aliphatic carbocycles. The number of aliphatic hydroxyl groups is 1. The number of para-hydroxylation sites is 1. The Bertz CT molecular complexity index is 709. The fourth-order valence-corrected chi connectivity index (χ4v) is 2.75. The number of H-pyrrole nitrogens is 1. The van der Waals surface area contributed by atoms with Crippen molar-refractivity contribution in [2.75, 3.05) is 13.7 Å². The van der Waals surface area contributed by atoms with Gasteiger partial charge in [0.25, 0.3) is 5.91 Å². The van der Waals surface area contributed by atoms with E-state index in [0.717, 1.165) is 18.4 Å². The number of hydrogen-bond acceptors (Lipinski definition) is 4. The van der Waals surface area contributed by atoms with Crippen LogP contribution in [0, 0.1) is 5.92 Å². The Kier molecular flexibility index (Phi) is 4.09. The van der Waals surface area contributed by atoms with Crippen molar-refractivity contribution < 1.29 is 14.6 Å². The molecule has 1 fully saturated rings. The molecule has 122 valence electrons. The molecule has 0 aliphatic heterocycles. The lowest BCUT2D eigenvalue weighted by atomic mass is 9.97. The number of aromatic nitrogens is 2. The normalized spacial score (nSPS) is 16.7. The zero-order chi connectivity index (χ0) is 16.4. The van der Waals surface area contributed by atoms with Gasteiger partial charge in [-0.15, -0.1) is 0 Å². The zero-order valence-electron chi connectivity index (χ0n) is 13.3. The maximum absolute atomic E-state index is 12.4. The third-order valence-electron chi connectivity index (χ3n) is 4.41. The first kappa shape index (κ1) is 15.6. The number of carbonyl (C=O) groups excluding carboxylic acids is 1. The first-order chi connectivity index (χ1) is 11.1. The molecule has 6 heteroatoms. The Morgan fingerprint density at radius 3 is 2.87 bits per heavy atom. The number of amides is 1. The Hall–Kier alpha value is -2.34. The topological polar surface area (TPSA) is 87.2 Å². The smallest absolute Gasteiger partial charge is 0.269 e. The number of rotatable bonds is 6. The van der Waals surface area contributed by atoms with Crippen molar-refractivity contribution in [3.63, 3.8) is 0 Å². The summed E-state index contributed by atoms with van der Waals surface area (Å²) in [5, 5.41) is 19.5. The maximum Gasteiger partial charge on any atom is 0.269 e. The molecule has 0 bridgehead atoms. The number of carbonyl (C=O) groups is 1. The second kappa shape index (κ2) is 6.04. The molecule has 6 nitrogen and oxygen atoms in total. The largest absolute Gasteiger partial charge is 0.496 e. The molecule has 1 aromatic carbocycles. The van der Waals surface area contributed by atoms with Gasteiger partial charge in [0, 0.05) is 5.56 Å². The highest BCUT2D eigenvalue weighted by Gasteiger charge is 2.42. The molecule has 3 N–H and O–H groups in total. The standard InChI is InChI=1S/C17H21N3O3/c1-17(10-21,11-7-8-11)18-16(22)14-9-13(19-20-14)12-5-3-4-6-15(12)23-2/h3-6,9,11,21H,7-8,10H2,1-2H3,(H,18,22)(H,19,20). The van der Waals surface area contributed by atoms with Gasteiger partial charge in [-0.25, -0.2) is 0 Å². The van der Waals surface area contributed by atoms with Crippen LogP contribution in [0.15, 0.2) is 30.3 Å². The van der Waals surface area contributed by atoms with E-state index >= 15 is 0 Å². The van der Waals surface area contributed by atoms with Crippen LogP contribution < -0.4 is 10.1 Å². The molecule has 3 rings (SSSR count). The van der Waals surface area contributed by atoms with Gasteiger partial charge in [-0.2, -0.15) is 5.10 Å². The molecular formula is C17H21N3O3. The zero-order valence-corrected chi connectivity index (χ0v) is 13.3. The van der Waals surface area contributed by atoms with Crippen molar-refractivity contribution in [3.8, 4) is 17.0 Å². The van der Waals surface area contributed by atoms with Gasteiger partial charge in [0.2, 0.25) is 0 Å². The van der Waals surface area contributed by atoms with Gasteiger partial charge in [-0.05, 0) is 43.9 Å². The van der Waals surface area contributed by atoms with Gasteiger partial charge < -0.3 is 15.2 Å². The molecule has 1 amide bonds. The highest BCUT2D eigenvalue weighted by atomic mass is 16.5. The number of nitrogens with zero attached hydrogens (tertiary/aromatic N) is 1. The van der Waals surface area contributed by atoms with Crippen LogP contribution in [0.4, 0.5) is 0 Å². The quantitative estimate of drug-likeness (QED) is 0.760. The maximum atomic E-state index is 12.4. The molecule has 0 spiro atoms. The molecular weight excluding hydrogens is 294 g/mol. The van der Waals surface area contributed by atoms with E-state index in [4.69, 9.17) is 4.74 Å². The summed E-state index contributed by atoms with van der Waals surface area (Å²) in [7, 11) is 1.60. The third-order valence-corrected chi connectivity index (χ3v) is 4.41. The van der Waals surface area contributed by atoms with Crippen molar-refractivity contribution >= 4 is 5.91 Å². The summed E-state index contributed by atoms with van der Waals surface area (Å²) in [5.74, 6) is 0.777. The monoisotopic (exact) mass is 315 g/mol. The average Bonchev–Trinajstić information content (AvgIpc) is 3.32. The van der Waals surface area contributed by atoms with E-state index in [0.29, 0.717) is 23.1 Å². The van der Waals surface area contributed by atoms with Crippen LogP contribution in [0.25, 0.3) is 11.3 Å². The molecule has 1 aliphatic rings. The fourth-order valence-electron chi connectivity index (χ4n) is 2.75. The van der Waals surface area contributed by atoms with Gasteiger partial charge >= 0.3 is 0 Å². The third kappa shape index (κ3) is 3.07. The highest BCUT2D eigenvalue weighted by Crippen LogP contribution is 2.39. The number of nitrogens with one attached hydrogen (secondary N) is 2. The van der Waals surface area contributed by atoms with E-state index in [2.05, 4.69) is 15.5 Å².